The summed E-state index contributed by atoms with van der Waals surface area (Å²) in [6.07, 6.45) is 2.15. The number of ketones is 1. The Morgan fingerprint density at radius 2 is 1.75 bits per heavy atom. The Bertz CT molecular complexity index is 660. The van der Waals surface area contributed by atoms with Gasteiger partial charge in [-0.25, -0.2) is 0 Å². The summed E-state index contributed by atoms with van der Waals surface area (Å²) < 4.78 is 0. The SMILES string of the molecule is C=CC[C@H]1C(=O)c2ccccc2[C@@]1(O)c1ccccc1. The molecule has 1 N–H and O–H groups in total. The molecule has 3 rings (SSSR count). The summed E-state index contributed by atoms with van der Waals surface area (Å²) in [5.74, 6) is -0.508. The number of benzene rings is 2. The Labute approximate surface area is 118 Å². The maximum Gasteiger partial charge on any atom is 0.170 e. The second kappa shape index (κ2) is 4.73. The van der Waals surface area contributed by atoms with Crippen molar-refractivity contribution in [3.05, 3.63) is 83.9 Å². The van der Waals surface area contributed by atoms with Crippen LogP contribution in [-0.2, 0) is 5.60 Å². The van der Waals surface area contributed by atoms with Gasteiger partial charge < -0.3 is 5.11 Å². The molecule has 1 aliphatic carbocycles. The lowest BCUT2D eigenvalue weighted by molar-refractivity contribution is 0.0299. The fourth-order valence-electron chi connectivity index (χ4n) is 3.09. The van der Waals surface area contributed by atoms with Crippen molar-refractivity contribution in [3.8, 4) is 0 Å². The van der Waals surface area contributed by atoms with Crippen molar-refractivity contribution >= 4 is 5.78 Å². The van der Waals surface area contributed by atoms with Gasteiger partial charge in [-0.05, 0) is 17.5 Å². The van der Waals surface area contributed by atoms with Gasteiger partial charge in [-0.15, -0.1) is 6.58 Å². The van der Waals surface area contributed by atoms with E-state index in [4.69, 9.17) is 0 Å². The van der Waals surface area contributed by atoms with E-state index in [1.165, 1.54) is 0 Å². The minimum atomic E-state index is -1.26. The Morgan fingerprint density at radius 3 is 2.45 bits per heavy atom. The van der Waals surface area contributed by atoms with Gasteiger partial charge in [-0.2, -0.15) is 0 Å². The van der Waals surface area contributed by atoms with Crippen LogP contribution in [-0.4, -0.2) is 10.9 Å². The molecule has 0 aliphatic heterocycles. The predicted molar refractivity (Wildman–Crippen MR) is 78.5 cm³/mol. The van der Waals surface area contributed by atoms with E-state index in [2.05, 4.69) is 6.58 Å². The highest BCUT2D eigenvalue weighted by Gasteiger charge is 2.51. The molecule has 100 valence electrons. The molecule has 0 aromatic heterocycles. The minimum absolute atomic E-state index is 0.00754. The van der Waals surface area contributed by atoms with Gasteiger partial charge in [0.2, 0.25) is 0 Å². The summed E-state index contributed by atoms with van der Waals surface area (Å²) in [5.41, 5.74) is 0.808. The van der Waals surface area contributed by atoms with Crippen molar-refractivity contribution in [1.29, 1.82) is 0 Å². The summed E-state index contributed by atoms with van der Waals surface area (Å²) in [4.78, 5) is 12.6. The molecule has 2 atom stereocenters. The molecule has 2 aromatic carbocycles. The minimum Gasteiger partial charge on any atom is -0.380 e. The molecule has 1 aliphatic rings. The number of fused-ring (bicyclic) bond motifs is 1. The lowest BCUT2D eigenvalue weighted by atomic mass is 9.79. The Hall–Kier alpha value is -2.19. The number of hydrogen-bond donors (Lipinski definition) is 1. The van der Waals surface area contributed by atoms with E-state index < -0.39 is 11.5 Å². The van der Waals surface area contributed by atoms with E-state index in [9.17, 15) is 9.90 Å². The van der Waals surface area contributed by atoms with Crippen molar-refractivity contribution in [2.24, 2.45) is 5.92 Å². The normalized spacial score (nSPS) is 24.4. The first-order valence-corrected chi connectivity index (χ1v) is 6.72. The van der Waals surface area contributed by atoms with Gasteiger partial charge >= 0.3 is 0 Å². The van der Waals surface area contributed by atoms with Gasteiger partial charge in [0.25, 0.3) is 0 Å². The molecule has 0 radical (unpaired) electrons. The first-order valence-electron chi connectivity index (χ1n) is 6.72. The molecule has 2 aromatic rings. The smallest absolute Gasteiger partial charge is 0.170 e. The molecule has 2 nitrogen and oxygen atoms in total. The lowest BCUT2D eigenvalue weighted by Crippen LogP contribution is -2.34. The monoisotopic (exact) mass is 264 g/mol. The molecule has 0 saturated heterocycles. The highest BCUT2D eigenvalue weighted by Crippen LogP contribution is 2.47. The number of carbonyl (C=O) groups excluding carboxylic acids is 1. The molecule has 0 saturated carbocycles. The van der Waals surface area contributed by atoms with Crippen LogP contribution in [0.25, 0.3) is 0 Å². The fourth-order valence-corrected chi connectivity index (χ4v) is 3.09. The Balaban J connectivity index is 2.25. The van der Waals surface area contributed by atoms with Crippen LogP contribution in [0.3, 0.4) is 0 Å². The number of Topliss-reactive ketones (excluding diaryl/α,β-unsaturated/α-hetero) is 1. The molecule has 20 heavy (non-hydrogen) atoms. The summed E-state index contributed by atoms with van der Waals surface area (Å²) >= 11 is 0. The largest absolute Gasteiger partial charge is 0.380 e. The van der Waals surface area contributed by atoms with Crippen LogP contribution in [0.15, 0.2) is 67.3 Å². The Kier molecular flexibility index (Phi) is 3.03. The number of rotatable bonds is 3. The number of hydrogen-bond acceptors (Lipinski definition) is 2. The quantitative estimate of drug-likeness (QED) is 0.864. The topological polar surface area (TPSA) is 37.3 Å². The molecule has 2 heteroatoms. The number of allylic oxidation sites excluding steroid dienone is 1. The summed E-state index contributed by atoms with van der Waals surface area (Å²) in [6, 6.07) is 16.7. The summed E-state index contributed by atoms with van der Waals surface area (Å²) in [7, 11) is 0. The van der Waals surface area contributed by atoms with Crippen LogP contribution in [0.1, 0.15) is 27.9 Å². The zero-order chi connectivity index (χ0) is 14.2. The van der Waals surface area contributed by atoms with Gasteiger partial charge in [0.15, 0.2) is 5.78 Å². The summed E-state index contributed by atoms with van der Waals surface area (Å²) in [6.45, 7) is 3.72. The average Bonchev–Trinajstić information content (AvgIpc) is 2.72. The van der Waals surface area contributed by atoms with Crippen molar-refractivity contribution < 1.29 is 9.90 Å². The third-order valence-electron chi connectivity index (χ3n) is 4.04. The molecule has 0 heterocycles. The van der Waals surface area contributed by atoms with Crippen molar-refractivity contribution in [1.82, 2.24) is 0 Å². The maximum atomic E-state index is 12.6. The van der Waals surface area contributed by atoms with Gasteiger partial charge in [0.05, 0.1) is 5.92 Å². The molecular formula is C18H16O2. The number of aliphatic hydroxyl groups is 1. The molecule has 0 unspecified atom stereocenters. The molecule has 0 amide bonds. The van der Waals surface area contributed by atoms with E-state index in [-0.39, 0.29) is 5.78 Å². The second-order valence-electron chi connectivity index (χ2n) is 5.12. The van der Waals surface area contributed by atoms with Crippen LogP contribution in [0.2, 0.25) is 0 Å². The zero-order valence-electron chi connectivity index (χ0n) is 11.1. The van der Waals surface area contributed by atoms with Crippen LogP contribution in [0, 0.1) is 5.92 Å². The lowest BCUT2D eigenvalue weighted by Gasteiger charge is -2.30. The first-order chi connectivity index (χ1) is 9.69. The van der Waals surface area contributed by atoms with Gasteiger partial charge in [-0.3, -0.25) is 4.79 Å². The van der Waals surface area contributed by atoms with E-state index in [0.29, 0.717) is 17.5 Å². The van der Waals surface area contributed by atoms with Gasteiger partial charge in [0, 0.05) is 5.56 Å². The van der Waals surface area contributed by atoms with Crippen LogP contribution in [0.5, 0.6) is 0 Å². The summed E-state index contributed by atoms with van der Waals surface area (Å²) in [5, 5.41) is 11.3. The third-order valence-corrected chi connectivity index (χ3v) is 4.04. The van der Waals surface area contributed by atoms with Crippen molar-refractivity contribution in [2.75, 3.05) is 0 Å². The number of carbonyl (C=O) groups is 1. The average molecular weight is 264 g/mol. The predicted octanol–water partition coefficient (Wildman–Crippen LogP) is 3.31. The molecule has 0 bridgehead atoms. The maximum absolute atomic E-state index is 12.6. The second-order valence-corrected chi connectivity index (χ2v) is 5.12. The molecular weight excluding hydrogens is 248 g/mol. The van der Waals surface area contributed by atoms with E-state index in [0.717, 1.165) is 5.56 Å². The van der Waals surface area contributed by atoms with E-state index >= 15 is 0 Å². The first kappa shape index (κ1) is 12.8. The van der Waals surface area contributed by atoms with Gasteiger partial charge in [0.1, 0.15) is 5.60 Å². The van der Waals surface area contributed by atoms with Crippen LogP contribution < -0.4 is 0 Å². The zero-order valence-corrected chi connectivity index (χ0v) is 11.1. The molecule has 0 spiro atoms. The van der Waals surface area contributed by atoms with Crippen molar-refractivity contribution in [2.45, 2.75) is 12.0 Å². The fraction of sp³-hybridized carbons (Fsp3) is 0.167. The van der Waals surface area contributed by atoms with Crippen LogP contribution >= 0.6 is 0 Å². The Morgan fingerprint density at radius 1 is 1.10 bits per heavy atom. The standard InChI is InChI=1S/C18H16O2/c1-2-8-16-17(19)14-11-6-7-12-15(14)18(16,20)13-9-4-3-5-10-13/h2-7,9-12,16,20H,1,8H2/t16-,18-/m0/s1. The molecule has 0 fully saturated rings. The van der Waals surface area contributed by atoms with Crippen LogP contribution in [0.4, 0.5) is 0 Å². The van der Waals surface area contributed by atoms with E-state index in [1.807, 2.05) is 48.5 Å². The highest BCUT2D eigenvalue weighted by atomic mass is 16.3. The highest BCUT2D eigenvalue weighted by molar-refractivity contribution is 6.04. The van der Waals surface area contributed by atoms with Gasteiger partial charge in [-0.1, -0.05) is 60.7 Å². The van der Waals surface area contributed by atoms with Crippen molar-refractivity contribution in [3.63, 3.8) is 0 Å². The third kappa shape index (κ3) is 1.65. The van der Waals surface area contributed by atoms with E-state index in [1.54, 1.807) is 12.1 Å².